The second-order valence-corrected chi connectivity index (χ2v) is 5.05. The minimum absolute atomic E-state index is 0.280. The Kier molecular flexibility index (Phi) is 4.86. The molecular formula is C9H15BrF3NO. The predicted octanol–water partition coefficient (Wildman–Crippen LogP) is 2.63. The number of likely N-dealkylation sites (tertiary alicyclic amines) is 1. The number of hydrogen-bond donors (Lipinski definition) is 0. The van der Waals surface area contributed by atoms with Crippen molar-refractivity contribution in [2.45, 2.75) is 24.5 Å². The summed E-state index contributed by atoms with van der Waals surface area (Å²) in [7, 11) is 0. The van der Waals surface area contributed by atoms with Crippen LogP contribution in [0.15, 0.2) is 0 Å². The summed E-state index contributed by atoms with van der Waals surface area (Å²) >= 11 is 3.52. The highest BCUT2D eigenvalue weighted by molar-refractivity contribution is 9.09. The Labute approximate surface area is 95.9 Å². The summed E-state index contributed by atoms with van der Waals surface area (Å²) < 4.78 is 38.8. The van der Waals surface area contributed by atoms with Crippen LogP contribution in [0.25, 0.3) is 0 Å². The molecule has 2 unspecified atom stereocenters. The molecular weight excluding hydrogens is 275 g/mol. The van der Waals surface area contributed by atoms with Crippen molar-refractivity contribution in [3.63, 3.8) is 0 Å². The maximum atomic E-state index is 11.7. The number of nitrogens with zero attached hydrogens (tertiary/aromatic N) is 1. The van der Waals surface area contributed by atoms with E-state index in [9.17, 15) is 13.2 Å². The third-order valence-corrected chi connectivity index (χ3v) is 3.82. The minimum atomic E-state index is -4.50. The van der Waals surface area contributed by atoms with E-state index in [1.165, 1.54) is 0 Å². The van der Waals surface area contributed by atoms with Crippen LogP contribution < -0.4 is 0 Å². The van der Waals surface area contributed by atoms with Gasteiger partial charge in [-0.05, 0) is 18.9 Å². The first-order chi connectivity index (χ1) is 6.88. The van der Waals surface area contributed by atoms with Crippen molar-refractivity contribution < 1.29 is 17.9 Å². The fraction of sp³-hybridized carbons (Fsp3) is 1.00. The molecule has 0 saturated carbocycles. The van der Waals surface area contributed by atoms with Gasteiger partial charge in [0.15, 0.2) is 0 Å². The molecule has 0 aromatic heterocycles. The second-order valence-electron chi connectivity index (χ2n) is 3.88. The van der Waals surface area contributed by atoms with E-state index in [0.29, 0.717) is 17.3 Å². The van der Waals surface area contributed by atoms with Gasteiger partial charge < -0.3 is 0 Å². The third-order valence-electron chi connectivity index (χ3n) is 2.62. The Hall–Kier alpha value is 0.190. The van der Waals surface area contributed by atoms with E-state index in [1.54, 1.807) is 0 Å². The lowest BCUT2D eigenvalue weighted by Gasteiger charge is -2.34. The number of hydrogen-bond acceptors (Lipinski definition) is 2. The van der Waals surface area contributed by atoms with Gasteiger partial charge in [-0.2, -0.15) is 0 Å². The molecule has 0 spiro atoms. The van der Waals surface area contributed by atoms with Crippen molar-refractivity contribution in [1.82, 2.24) is 4.90 Å². The van der Waals surface area contributed by atoms with Crippen molar-refractivity contribution in [2.24, 2.45) is 5.92 Å². The maximum absolute atomic E-state index is 11.7. The van der Waals surface area contributed by atoms with Crippen molar-refractivity contribution >= 4 is 15.9 Å². The molecule has 6 heteroatoms. The lowest BCUT2D eigenvalue weighted by Crippen LogP contribution is -2.42. The normalized spacial score (nSPS) is 29.4. The van der Waals surface area contributed by atoms with Crippen LogP contribution in [-0.4, -0.2) is 42.3 Å². The van der Waals surface area contributed by atoms with Gasteiger partial charge >= 0.3 is 6.36 Å². The Balaban J connectivity index is 2.17. The number of halogens is 4. The van der Waals surface area contributed by atoms with Gasteiger partial charge in [0.1, 0.15) is 0 Å². The summed E-state index contributed by atoms with van der Waals surface area (Å²) in [5, 5.41) is 0. The van der Waals surface area contributed by atoms with Gasteiger partial charge in [-0.25, -0.2) is 0 Å². The highest BCUT2D eigenvalue weighted by atomic mass is 79.9. The molecule has 1 heterocycles. The number of rotatable bonds is 3. The van der Waals surface area contributed by atoms with E-state index >= 15 is 0 Å². The zero-order chi connectivity index (χ0) is 11.5. The fourth-order valence-corrected chi connectivity index (χ4v) is 2.25. The quantitative estimate of drug-likeness (QED) is 0.741. The molecule has 1 aliphatic heterocycles. The van der Waals surface area contributed by atoms with E-state index in [2.05, 4.69) is 27.6 Å². The van der Waals surface area contributed by atoms with E-state index in [0.717, 1.165) is 19.5 Å². The predicted molar refractivity (Wildman–Crippen MR) is 54.9 cm³/mol. The van der Waals surface area contributed by atoms with Gasteiger partial charge in [-0.3, -0.25) is 9.64 Å². The minimum Gasteiger partial charge on any atom is -0.300 e. The third kappa shape index (κ3) is 5.17. The lowest BCUT2D eigenvalue weighted by molar-refractivity contribution is -0.325. The van der Waals surface area contributed by atoms with Gasteiger partial charge in [0.2, 0.25) is 0 Å². The zero-order valence-electron chi connectivity index (χ0n) is 8.56. The molecule has 1 saturated heterocycles. The maximum Gasteiger partial charge on any atom is 0.522 e. The SMILES string of the molecule is CC1CCN(CCOC(F)(F)F)CC1Br. The number of ether oxygens (including phenoxy) is 1. The van der Waals surface area contributed by atoms with Gasteiger partial charge in [-0.15, -0.1) is 13.2 Å². The molecule has 1 fully saturated rings. The summed E-state index contributed by atoms with van der Waals surface area (Å²) in [5.74, 6) is 0.588. The average Bonchev–Trinajstić information content (AvgIpc) is 2.09. The summed E-state index contributed by atoms with van der Waals surface area (Å²) in [6.07, 6.45) is -3.49. The molecule has 2 atom stereocenters. The summed E-state index contributed by atoms with van der Waals surface area (Å²) in [6, 6.07) is 0. The summed E-state index contributed by atoms with van der Waals surface area (Å²) in [6.45, 7) is 3.85. The van der Waals surface area contributed by atoms with Crippen LogP contribution in [-0.2, 0) is 4.74 Å². The highest BCUT2D eigenvalue weighted by Crippen LogP contribution is 2.23. The molecule has 15 heavy (non-hydrogen) atoms. The summed E-state index contributed by atoms with van der Waals surface area (Å²) in [5.41, 5.74) is 0. The van der Waals surface area contributed by atoms with E-state index < -0.39 is 6.36 Å². The van der Waals surface area contributed by atoms with Crippen LogP contribution in [0.3, 0.4) is 0 Å². The molecule has 0 radical (unpaired) electrons. The van der Waals surface area contributed by atoms with Crippen molar-refractivity contribution in [1.29, 1.82) is 0 Å². The molecule has 0 N–H and O–H groups in total. The van der Waals surface area contributed by atoms with Crippen LogP contribution in [0.2, 0.25) is 0 Å². The Bertz CT molecular complexity index is 200. The Morgan fingerprint density at radius 2 is 2.13 bits per heavy atom. The molecule has 1 rings (SSSR count). The molecule has 0 aromatic carbocycles. The molecule has 0 amide bonds. The van der Waals surface area contributed by atoms with Crippen LogP contribution in [0, 0.1) is 5.92 Å². The first-order valence-electron chi connectivity index (χ1n) is 4.95. The largest absolute Gasteiger partial charge is 0.522 e. The molecule has 0 aliphatic carbocycles. The molecule has 90 valence electrons. The van der Waals surface area contributed by atoms with E-state index in [4.69, 9.17) is 0 Å². The second kappa shape index (κ2) is 5.50. The van der Waals surface area contributed by atoms with Crippen LogP contribution in [0.4, 0.5) is 13.2 Å². The highest BCUT2D eigenvalue weighted by Gasteiger charge is 2.30. The number of piperidine rings is 1. The number of alkyl halides is 4. The van der Waals surface area contributed by atoms with Crippen LogP contribution in [0.5, 0.6) is 0 Å². The monoisotopic (exact) mass is 289 g/mol. The van der Waals surface area contributed by atoms with Gasteiger partial charge in [0.25, 0.3) is 0 Å². The smallest absolute Gasteiger partial charge is 0.300 e. The average molecular weight is 290 g/mol. The van der Waals surface area contributed by atoms with Gasteiger partial charge in [0.05, 0.1) is 6.61 Å². The first-order valence-corrected chi connectivity index (χ1v) is 5.87. The van der Waals surface area contributed by atoms with Crippen molar-refractivity contribution in [3.05, 3.63) is 0 Å². The molecule has 0 aromatic rings. The topological polar surface area (TPSA) is 12.5 Å². The van der Waals surface area contributed by atoms with Gasteiger partial charge in [-0.1, -0.05) is 22.9 Å². The van der Waals surface area contributed by atoms with Crippen LogP contribution in [0.1, 0.15) is 13.3 Å². The molecule has 1 aliphatic rings. The van der Waals surface area contributed by atoms with E-state index in [-0.39, 0.29) is 6.61 Å². The first kappa shape index (κ1) is 13.3. The van der Waals surface area contributed by atoms with Gasteiger partial charge in [0, 0.05) is 17.9 Å². The molecule has 2 nitrogen and oxygen atoms in total. The lowest BCUT2D eigenvalue weighted by atomic mass is 9.99. The fourth-order valence-electron chi connectivity index (χ4n) is 1.58. The van der Waals surface area contributed by atoms with Crippen molar-refractivity contribution in [2.75, 3.05) is 26.2 Å². The van der Waals surface area contributed by atoms with Crippen LogP contribution >= 0.6 is 15.9 Å². The standard InChI is InChI=1S/C9H15BrF3NO/c1-7-2-3-14(6-8(7)10)4-5-15-9(11,12)13/h7-8H,2-6H2,1H3. The Morgan fingerprint density at radius 1 is 1.47 bits per heavy atom. The zero-order valence-corrected chi connectivity index (χ0v) is 10.1. The van der Waals surface area contributed by atoms with Crippen molar-refractivity contribution in [3.8, 4) is 0 Å². The Morgan fingerprint density at radius 3 is 2.67 bits per heavy atom. The van der Waals surface area contributed by atoms with E-state index in [1.807, 2.05) is 4.90 Å². The summed E-state index contributed by atoms with van der Waals surface area (Å²) in [4.78, 5) is 2.36. The molecule has 0 bridgehead atoms.